The maximum Gasteiger partial charge on any atom is 0.324 e. The molecule has 2 rings (SSSR count). The number of hydrogen-bond acceptors (Lipinski definition) is 4. The van der Waals surface area contributed by atoms with Gasteiger partial charge in [-0.2, -0.15) is 0 Å². The fourth-order valence-corrected chi connectivity index (χ4v) is 2.79. The van der Waals surface area contributed by atoms with E-state index in [0.29, 0.717) is 13.2 Å². The summed E-state index contributed by atoms with van der Waals surface area (Å²) in [4.78, 5) is 14.1. The van der Waals surface area contributed by atoms with Gasteiger partial charge in [0.15, 0.2) is 0 Å². The third-order valence-electron chi connectivity index (χ3n) is 3.77. The standard InChI is InChI=1S/C15H20ClFN2O2/c1-3-21-15(20)14-9-18-6-7-19(14)10(2)11-4-5-13(17)12(16)8-11/h4-5,8,10,14,18H,3,6-7,9H2,1-2H3. The molecule has 0 radical (unpaired) electrons. The molecule has 116 valence electrons. The molecule has 4 nitrogen and oxygen atoms in total. The van der Waals surface area contributed by atoms with E-state index in [2.05, 4.69) is 10.2 Å². The zero-order chi connectivity index (χ0) is 15.4. The van der Waals surface area contributed by atoms with Crippen molar-refractivity contribution in [2.75, 3.05) is 26.2 Å². The highest BCUT2D eigenvalue weighted by molar-refractivity contribution is 6.30. The first-order valence-corrected chi connectivity index (χ1v) is 7.50. The first-order valence-electron chi connectivity index (χ1n) is 7.12. The van der Waals surface area contributed by atoms with Crippen LogP contribution in [0.2, 0.25) is 5.02 Å². The van der Waals surface area contributed by atoms with Gasteiger partial charge in [0.05, 0.1) is 11.6 Å². The van der Waals surface area contributed by atoms with E-state index in [0.717, 1.165) is 18.7 Å². The second kappa shape index (κ2) is 7.20. The number of hydrogen-bond donors (Lipinski definition) is 1. The van der Waals surface area contributed by atoms with Crippen molar-refractivity contribution in [1.29, 1.82) is 0 Å². The Kier molecular flexibility index (Phi) is 5.56. The Hall–Kier alpha value is -1.17. The predicted octanol–water partition coefficient (Wildman–Crippen LogP) is 2.38. The van der Waals surface area contributed by atoms with Gasteiger partial charge in [-0.3, -0.25) is 9.69 Å². The Morgan fingerprint density at radius 2 is 2.38 bits per heavy atom. The smallest absolute Gasteiger partial charge is 0.324 e. The van der Waals surface area contributed by atoms with Gasteiger partial charge in [-0.25, -0.2) is 4.39 Å². The second-order valence-electron chi connectivity index (χ2n) is 5.06. The van der Waals surface area contributed by atoms with Crippen LogP contribution < -0.4 is 5.32 Å². The molecular weight excluding hydrogens is 295 g/mol. The quantitative estimate of drug-likeness (QED) is 0.866. The number of ether oxygens (including phenoxy) is 1. The van der Waals surface area contributed by atoms with Crippen LogP contribution in [-0.4, -0.2) is 43.2 Å². The normalized spacial score (nSPS) is 21.0. The lowest BCUT2D eigenvalue weighted by atomic mass is 10.0. The lowest BCUT2D eigenvalue weighted by molar-refractivity contribution is -0.151. The van der Waals surface area contributed by atoms with E-state index >= 15 is 0 Å². The van der Waals surface area contributed by atoms with E-state index in [1.807, 2.05) is 6.92 Å². The molecule has 2 atom stereocenters. The summed E-state index contributed by atoms with van der Waals surface area (Å²) >= 11 is 5.85. The predicted molar refractivity (Wildman–Crippen MR) is 79.8 cm³/mol. The molecule has 1 heterocycles. The number of nitrogens with zero attached hydrogens (tertiary/aromatic N) is 1. The van der Waals surface area contributed by atoms with Crippen molar-refractivity contribution in [1.82, 2.24) is 10.2 Å². The van der Waals surface area contributed by atoms with E-state index in [1.165, 1.54) is 6.07 Å². The van der Waals surface area contributed by atoms with Crippen LogP contribution in [0.4, 0.5) is 4.39 Å². The summed E-state index contributed by atoms with van der Waals surface area (Å²) in [6, 6.07) is 4.30. The summed E-state index contributed by atoms with van der Waals surface area (Å²) < 4.78 is 18.4. The summed E-state index contributed by atoms with van der Waals surface area (Å²) in [6.07, 6.45) is 0. The molecule has 0 bridgehead atoms. The van der Waals surface area contributed by atoms with Crippen LogP contribution in [0.1, 0.15) is 25.5 Å². The topological polar surface area (TPSA) is 41.6 Å². The van der Waals surface area contributed by atoms with Crippen molar-refractivity contribution in [3.8, 4) is 0 Å². The van der Waals surface area contributed by atoms with Gasteiger partial charge in [0.1, 0.15) is 11.9 Å². The third kappa shape index (κ3) is 3.73. The molecule has 0 aromatic heterocycles. The van der Waals surface area contributed by atoms with Crippen molar-refractivity contribution < 1.29 is 13.9 Å². The van der Waals surface area contributed by atoms with Gasteiger partial charge in [0.25, 0.3) is 0 Å². The van der Waals surface area contributed by atoms with Crippen LogP contribution in [0.15, 0.2) is 18.2 Å². The Morgan fingerprint density at radius 3 is 3.05 bits per heavy atom. The number of halogens is 2. The molecule has 2 unspecified atom stereocenters. The summed E-state index contributed by atoms with van der Waals surface area (Å²) in [5.41, 5.74) is 0.887. The van der Waals surface area contributed by atoms with Crippen LogP contribution in [0.25, 0.3) is 0 Å². The zero-order valence-electron chi connectivity index (χ0n) is 12.2. The number of piperazine rings is 1. The van der Waals surface area contributed by atoms with Crippen LogP contribution in [0.5, 0.6) is 0 Å². The number of carbonyl (C=O) groups excluding carboxylic acids is 1. The Morgan fingerprint density at radius 1 is 1.62 bits per heavy atom. The maximum atomic E-state index is 13.3. The lowest BCUT2D eigenvalue weighted by Crippen LogP contribution is -2.55. The highest BCUT2D eigenvalue weighted by Crippen LogP contribution is 2.27. The fourth-order valence-electron chi connectivity index (χ4n) is 2.60. The maximum absolute atomic E-state index is 13.3. The van der Waals surface area contributed by atoms with Crippen LogP contribution >= 0.6 is 11.6 Å². The molecule has 1 aromatic carbocycles. The molecule has 1 aliphatic heterocycles. The van der Waals surface area contributed by atoms with Crippen molar-refractivity contribution in [3.05, 3.63) is 34.6 Å². The van der Waals surface area contributed by atoms with E-state index in [9.17, 15) is 9.18 Å². The summed E-state index contributed by atoms with van der Waals surface area (Å²) in [5.74, 6) is -0.667. The average molecular weight is 315 g/mol. The van der Waals surface area contributed by atoms with Crippen LogP contribution in [0, 0.1) is 5.82 Å². The van der Waals surface area contributed by atoms with Crippen LogP contribution in [-0.2, 0) is 9.53 Å². The van der Waals surface area contributed by atoms with Gasteiger partial charge in [-0.05, 0) is 31.5 Å². The molecule has 1 aliphatic rings. The molecule has 1 aromatic rings. The van der Waals surface area contributed by atoms with E-state index < -0.39 is 5.82 Å². The molecule has 1 N–H and O–H groups in total. The molecule has 0 spiro atoms. The van der Waals surface area contributed by atoms with Crippen LogP contribution in [0.3, 0.4) is 0 Å². The average Bonchev–Trinajstić information content (AvgIpc) is 2.49. The van der Waals surface area contributed by atoms with Crippen molar-refractivity contribution in [3.63, 3.8) is 0 Å². The summed E-state index contributed by atoms with van der Waals surface area (Å²) in [7, 11) is 0. The van der Waals surface area contributed by atoms with Gasteiger partial charge in [-0.1, -0.05) is 17.7 Å². The number of carbonyl (C=O) groups is 1. The SMILES string of the molecule is CCOC(=O)C1CNCCN1C(C)c1ccc(F)c(Cl)c1. The number of nitrogens with one attached hydrogen (secondary N) is 1. The number of rotatable bonds is 4. The summed E-state index contributed by atoms with van der Waals surface area (Å²) in [6.45, 7) is 6.22. The number of benzene rings is 1. The molecule has 21 heavy (non-hydrogen) atoms. The minimum atomic E-state index is -0.435. The van der Waals surface area contributed by atoms with E-state index in [1.54, 1.807) is 19.1 Å². The first kappa shape index (κ1) is 16.2. The van der Waals surface area contributed by atoms with Gasteiger partial charge < -0.3 is 10.1 Å². The molecule has 0 amide bonds. The lowest BCUT2D eigenvalue weighted by Gasteiger charge is -2.38. The Balaban J connectivity index is 2.19. The van der Waals surface area contributed by atoms with Crippen molar-refractivity contribution in [2.45, 2.75) is 25.9 Å². The largest absolute Gasteiger partial charge is 0.465 e. The van der Waals surface area contributed by atoms with Crippen molar-refractivity contribution in [2.24, 2.45) is 0 Å². The monoisotopic (exact) mass is 314 g/mol. The second-order valence-corrected chi connectivity index (χ2v) is 5.47. The Labute approximate surface area is 129 Å². The van der Waals surface area contributed by atoms with Gasteiger partial charge >= 0.3 is 5.97 Å². The zero-order valence-corrected chi connectivity index (χ0v) is 13.0. The van der Waals surface area contributed by atoms with Gasteiger partial charge in [-0.15, -0.1) is 0 Å². The van der Waals surface area contributed by atoms with Crippen molar-refractivity contribution >= 4 is 17.6 Å². The van der Waals surface area contributed by atoms with E-state index in [4.69, 9.17) is 16.3 Å². The summed E-state index contributed by atoms with van der Waals surface area (Å²) in [5, 5.41) is 3.30. The molecule has 1 saturated heterocycles. The minimum absolute atomic E-state index is 0.0420. The number of esters is 1. The minimum Gasteiger partial charge on any atom is -0.465 e. The molecular formula is C15H20ClFN2O2. The first-order chi connectivity index (χ1) is 10.0. The highest BCUT2D eigenvalue weighted by Gasteiger charge is 2.33. The molecule has 0 aliphatic carbocycles. The molecule has 6 heteroatoms. The third-order valence-corrected chi connectivity index (χ3v) is 4.06. The fraction of sp³-hybridized carbons (Fsp3) is 0.533. The Bertz CT molecular complexity index is 512. The van der Waals surface area contributed by atoms with Gasteiger partial charge in [0, 0.05) is 25.7 Å². The van der Waals surface area contributed by atoms with E-state index in [-0.39, 0.29) is 23.1 Å². The highest BCUT2D eigenvalue weighted by atomic mass is 35.5. The van der Waals surface area contributed by atoms with Gasteiger partial charge in [0.2, 0.25) is 0 Å². The molecule has 0 saturated carbocycles. The molecule has 1 fully saturated rings.